The van der Waals surface area contributed by atoms with Gasteiger partial charge in [0.25, 0.3) is 5.91 Å². The molecule has 10 amide bonds. The summed E-state index contributed by atoms with van der Waals surface area (Å²) < 4.78 is 0. The Morgan fingerprint density at radius 3 is 2.01 bits per heavy atom. The number of para-hydroxylation sites is 1. The molecular weight excluding hydrogens is 983 g/mol. The van der Waals surface area contributed by atoms with E-state index in [1.807, 2.05) is 24.3 Å². The Balaban J connectivity index is 1.39. The molecule has 16 N–H and O–H groups in total. The smallest absolute Gasteiger partial charge is 0.332 e. The first-order valence-corrected chi connectivity index (χ1v) is 26.1. The molecule has 2 fully saturated rings. The highest BCUT2D eigenvalue weighted by Gasteiger charge is 2.46. The SMILES string of the molecule is CC1NC(=O)C(N2C(=O)NC(C(C)C)C2=O)CSSCC(C([NH3+])=O)NC(=O)C(Cc2c[nH]c3ccccc23)NC(=O)C(CCCN=C(N)N)NC(=O)C(Cc2ccccc2)NC(=O)C(Cc2cnc[nH]2)NC1=O. The zero-order valence-corrected chi connectivity index (χ0v) is 42.1. The largest absolute Gasteiger partial charge is 0.370 e. The Hall–Kier alpha value is -7.45. The summed E-state index contributed by atoms with van der Waals surface area (Å²) >= 11 is 0. The summed E-state index contributed by atoms with van der Waals surface area (Å²) in [5.74, 6) is -7.10. The van der Waals surface area contributed by atoms with Crippen LogP contribution in [-0.2, 0) is 57.6 Å². The molecule has 2 aliphatic rings. The van der Waals surface area contributed by atoms with E-state index in [0.717, 1.165) is 37.4 Å². The minimum Gasteiger partial charge on any atom is -0.370 e. The molecule has 26 heteroatoms. The van der Waals surface area contributed by atoms with Crippen LogP contribution in [0, 0.1) is 5.92 Å². The topological polar surface area (TPSA) is 378 Å². The molecule has 73 heavy (non-hydrogen) atoms. The average molecular weight is 1050 g/mol. The van der Waals surface area contributed by atoms with Crippen LogP contribution in [0.25, 0.3) is 10.9 Å². The number of urea groups is 1. The number of aromatic amines is 2. The van der Waals surface area contributed by atoms with Crippen molar-refractivity contribution in [3.05, 3.63) is 90.1 Å². The molecule has 4 aromatic rings. The number of aromatic nitrogens is 3. The quantitative estimate of drug-likeness (QED) is 0.0227. The monoisotopic (exact) mass is 1040 g/mol. The second kappa shape index (κ2) is 25.8. The predicted octanol–water partition coefficient (Wildman–Crippen LogP) is -1.99. The number of nitrogens with two attached hydrogens (primary N) is 2. The van der Waals surface area contributed by atoms with Gasteiger partial charge in [0.1, 0.15) is 42.3 Å². The molecule has 2 saturated heterocycles. The van der Waals surface area contributed by atoms with Crippen molar-refractivity contribution in [1.29, 1.82) is 0 Å². The first-order chi connectivity index (χ1) is 34.9. The van der Waals surface area contributed by atoms with Gasteiger partial charge in [-0.2, -0.15) is 0 Å². The number of benzene rings is 2. The number of carbonyl (C=O) groups is 9. The van der Waals surface area contributed by atoms with Gasteiger partial charge in [0.05, 0.1) is 6.33 Å². The van der Waals surface area contributed by atoms with Crippen LogP contribution in [0.4, 0.5) is 4.79 Å². The first kappa shape index (κ1) is 54.9. The standard InChI is InChI=1S/C47H61N15O9S2/c1-24(2)37-45(70)62(47(71)61-37)36-22-73-72-21-35(38(48)63)60-42(67)33(17-27-19-53-30-13-8-7-12-29(27)30)59-40(65)31(14-9-15-52-46(49)50)56-41(66)32(16-26-10-5-4-6-11-26)58-43(68)34(18-28-20-51-23-54-28)57-39(64)25(3)55-44(36)69/h4-8,10-13,19-20,23-25,31-37,53H,9,14-18,21-22H2,1-3H3,(H2,48,63)(H,51,54)(H,55,69)(H,56,66)(H,57,64)(H,58,68)(H,59,65)(H,60,67)(H,61,71)(H4,49,50,52)/p+1. The maximum atomic E-state index is 14.6. The normalized spacial score (nSPS) is 24.4. The Labute approximate surface area is 427 Å². The van der Waals surface area contributed by atoms with E-state index in [9.17, 15) is 43.2 Å². The molecule has 6 rings (SSSR count). The average Bonchev–Trinajstić information content (AvgIpc) is 4.10. The summed E-state index contributed by atoms with van der Waals surface area (Å²) in [6.45, 7) is 4.88. The van der Waals surface area contributed by atoms with E-state index in [0.29, 0.717) is 16.8 Å². The molecule has 2 aromatic heterocycles. The number of carbonyl (C=O) groups excluding carboxylic acids is 9. The van der Waals surface area contributed by atoms with Gasteiger partial charge < -0.3 is 58.7 Å². The van der Waals surface area contributed by atoms with Gasteiger partial charge in [-0.15, -0.1) is 0 Å². The lowest BCUT2D eigenvalue weighted by molar-refractivity contribution is -0.307. The number of H-pyrrole nitrogens is 2. The van der Waals surface area contributed by atoms with E-state index in [1.54, 1.807) is 50.4 Å². The highest BCUT2D eigenvalue weighted by Crippen LogP contribution is 2.27. The van der Waals surface area contributed by atoms with Crippen molar-refractivity contribution in [3.63, 3.8) is 0 Å². The Morgan fingerprint density at radius 2 is 1.36 bits per heavy atom. The van der Waals surface area contributed by atoms with E-state index < -0.39 is 102 Å². The molecule has 24 nitrogen and oxygen atoms in total. The minimum atomic E-state index is -1.47. The van der Waals surface area contributed by atoms with Crippen molar-refractivity contribution < 1.29 is 48.9 Å². The van der Waals surface area contributed by atoms with E-state index in [-0.39, 0.29) is 62.0 Å². The number of imidazole rings is 1. The lowest BCUT2D eigenvalue weighted by Gasteiger charge is -2.28. The highest BCUT2D eigenvalue weighted by molar-refractivity contribution is 8.76. The van der Waals surface area contributed by atoms with E-state index in [1.165, 1.54) is 19.4 Å². The summed E-state index contributed by atoms with van der Waals surface area (Å²) in [5, 5.41) is 19.7. The van der Waals surface area contributed by atoms with Crippen LogP contribution in [-0.4, -0.2) is 145 Å². The van der Waals surface area contributed by atoms with Crippen LogP contribution < -0.4 is 54.4 Å². The summed E-state index contributed by atoms with van der Waals surface area (Å²) in [6, 6.07) is 4.79. The van der Waals surface area contributed by atoms with Crippen LogP contribution in [0.5, 0.6) is 0 Å². The Bertz CT molecular complexity index is 2660. The summed E-state index contributed by atoms with van der Waals surface area (Å²) in [7, 11) is 2.06. The van der Waals surface area contributed by atoms with E-state index >= 15 is 0 Å². The lowest BCUT2D eigenvalue weighted by Crippen LogP contribution is -2.68. The van der Waals surface area contributed by atoms with Crippen LogP contribution in [0.1, 0.15) is 50.4 Å². The van der Waals surface area contributed by atoms with E-state index in [2.05, 4.69) is 62.9 Å². The summed E-state index contributed by atoms with van der Waals surface area (Å²) in [5.41, 5.74) is 17.2. The van der Waals surface area contributed by atoms with Gasteiger partial charge in [-0.05, 0) is 42.9 Å². The van der Waals surface area contributed by atoms with Crippen molar-refractivity contribution in [2.45, 2.75) is 101 Å². The molecule has 2 aliphatic heterocycles. The number of guanidine groups is 1. The molecular formula is C47H62N15O9S2+. The minimum absolute atomic E-state index is 0.0401. The lowest BCUT2D eigenvalue weighted by atomic mass is 10.0. The number of hydrogen-bond acceptors (Lipinski definition) is 13. The highest BCUT2D eigenvalue weighted by atomic mass is 33.1. The van der Waals surface area contributed by atoms with Crippen molar-refractivity contribution in [1.82, 2.24) is 57.1 Å². The molecule has 4 heterocycles. The Morgan fingerprint density at radius 1 is 0.740 bits per heavy atom. The summed E-state index contributed by atoms with van der Waals surface area (Å²) in [6.07, 6.45) is 4.34. The number of quaternary nitrogens is 1. The van der Waals surface area contributed by atoms with Gasteiger partial charge >= 0.3 is 11.9 Å². The molecule has 0 aliphatic carbocycles. The second-order valence-corrected chi connectivity index (χ2v) is 20.5. The third-order valence-corrected chi connectivity index (χ3v) is 14.5. The number of nitrogens with zero attached hydrogens (tertiary/aromatic N) is 3. The van der Waals surface area contributed by atoms with E-state index in [4.69, 9.17) is 11.5 Å². The number of aliphatic imine (C=N–C) groups is 1. The predicted molar refractivity (Wildman–Crippen MR) is 272 cm³/mol. The molecule has 8 unspecified atom stereocenters. The maximum absolute atomic E-state index is 14.6. The van der Waals surface area contributed by atoms with Gasteiger partial charge in [-0.3, -0.25) is 44.3 Å². The zero-order chi connectivity index (χ0) is 52.8. The van der Waals surface area contributed by atoms with Crippen molar-refractivity contribution in [2.75, 3.05) is 18.1 Å². The fraction of sp³-hybridized carbons (Fsp3) is 0.426. The van der Waals surface area contributed by atoms with Gasteiger partial charge in [0.15, 0.2) is 12.0 Å². The molecule has 0 radical (unpaired) electrons. The number of hydrogen-bond donors (Lipinski definition) is 12. The van der Waals surface area contributed by atoms with Gasteiger partial charge in [-0.25, -0.2) is 19.5 Å². The van der Waals surface area contributed by atoms with Gasteiger partial charge in [0, 0.05) is 66.3 Å². The van der Waals surface area contributed by atoms with Crippen molar-refractivity contribution in [2.24, 2.45) is 22.4 Å². The van der Waals surface area contributed by atoms with Crippen LogP contribution in [0.3, 0.4) is 0 Å². The maximum Gasteiger partial charge on any atom is 0.332 e. The number of nitrogens with one attached hydrogen (secondary N) is 9. The van der Waals surface area contributed by atoms with Crippen LogP contribution in [0.15, 0.2) is 78.3 Å². The van der Waals surface area contributed by atoms with Crippen molar-refractivity contribution >= 4 is 91.7 Å². The number of imide groups is 1. The molecule has 0 spiro atoms. The number of rotatable bonds is 13. The van der Waals surface area contributed by atoms with Crippen molar-refractivity contribution in [3.8, 4) is 0 Å². The second-order valence-electron chi connectivity index (χ2n) is 17.9. The molecule has 8 atom stereocenters. The molecule has 390 valence electrons. The molecule has 2 aromatic carbocycles. The first-order valence-electron chi connectivity index (χ1n) is 23.6. The fourth-order valence-electron chi connectivity index (χ4n) is 8.12. The summed E-state index contributed by atoms with van der Waals surface area (Å²) in [4.78, 5) is 141. The number of fused-ring (bicyclic) bond motifs is 1. The third-order valence-electron chi connectivity index (χ3n) is 12.1. The molecule has 0 saturated carbocycles. The van der Waals surface area contributed by atoms with Gasteiger partial charge in [-0.1, -0.05) is 84.0 Å². The zero-order valence-electron chi connectivity index (χ0n) is 40.5. The molecule has 0 bridgehead atoms. The van der Waals surface area contributed by atoms with Gasteiger partial charge in [0.2, 0.25) is 35.4 Å². The van der Waals surface area contributed by atoms with Crippen LogP contribution >= 0.6 is 21.6 Å². The third kappa shape index (κ3) is 15.0. The number of amides is 10. The fourth-order valence-corrected chi connectivity index (χ4v) is 10.5. The van der Waals surface area contributed by atoms with Crippen LogP contribution in [0.2, 0.25) is 0 Å². The Kier molecular flexibility index (Phi) is 19.4.